The normalized spacial score (nSPS) is 12.3. The molecule has 0 spiro atoms. The van der Waals surface area contributed by atoms with E-state index >= 15 is 0 Å². The van der Waals surface area contributed by atoms with Gasteiger partial charge in [-0.2, -0.15) is 0 Å². The maximum Gasteiger partial charge on any atom is 0.237 e. The summed E-state index contributed by atoms with van der Waals surface area (Å²) >= 11 is 4.83. The molecule has 2 aromatic rings. The Kier molecular flexibility index (Phi) is 7.50. The average Bonchev–Trinajstić information content (AvgIpc) is 2.55. The fraction of sp³-hybridized carbons (Fsp3) is 0.333. The van der Waals surface area contributed by atoms with E-state index in [1.165, 1.54) is 11.8 Å². The van der Waals surface area contributed by atoms with Crippen molar-refractivity contribution in [1.82, 2.24) is 0 Å². The topological polar surface area (TPSA) is 58.2 Å². The highest BCUT2D eigenvalue weighted by molar-refractivity contribution is 9.10. The van der Waals surface area contributed by atoms with Crippen LogP contribution in [0.1, 0.15) is 34.1 Å². The van der Waals surface area contributed by atoms with Crippen LogP contribution in [0.2, 0.25) is 0 Å². The van der Waals surface area contributed by atoms with Gasteiger partial charge in [-0.15, -0.1) is 11.8 Å². The predicted octanol–water partition coefficient (Wildman–Crippen LogP) is 5.94. The van der Waals surface area contributed by atoms with E-state index in [9.17, 15) is 9.59 Å². The summed E-state index contributed by atoms with van der Waals surface area (Å²) in [5.74, 6) is -0.0739. The third-order valence-electron chi connectivity index (χ3n) is 3.60. The molecule has 0 radical (unpaired) electrons. The lowest BCUT2D eigenvalue weighted by molar-refractivity contribution is -0.118. The number of carbonyl (C=O) groups is 2. The van der Waals surface area contributed by atoms with Crippen LogP contribution in [-0.4, -0.2) is 17.1 Å². The fourth-order valence-electron chi connectivity index (χ4n) is 2.37. The number of anilines is 2. The molecular weight excluding hydrogens is 424 g/mol. The van der Waals surface area contributed by atoms with Gasteiger partial charge in [0, 0.05) is 27.2 Å². The largest absolute Gasteiger partial charge is 0.326 e. The van der Waals surface area contributed by atoms with E-state index < -0.39 is 0 Å². The van der Waals surface area contributed by atoms with Gasteiger partial charge in [0.2, 0.25) is 11.8 Å². The number of nitrogens with one attached hydrogen (secondary N) is 2. The molecule has 27 heavy (non-hydrogen) atoms. The van der Waals surface area contributed by atoms with E-state index in [2.05, 4.69) is 26.6 Å². The third-order valence-corrected chi connectivity index (χ3v) is 5.22. The van der Waals surface area contributed by atoms with E-state index in [4.69, 9.17) is 0 Å². The maximum absolute atomic E-state index is 12.4. The minimum Gasteiger partial charge on any atom is -0.326 e. The summed E-state index contributed by atoms with van der Waals surface area (Å²) in [6, 6.07) is 15.1. The zero-order chi connectivity index (χ0) is 20.0. The average molecular weight is 449 g/mol. The van der Waals surface area contributed by atoms with Crippen LogP contribution >= 0.6 is 27.7 Å². The second-order valence-corrected chi connectivity index (χ2v) is 9.90. The molecule has 0 aliphatic rings. The van der Waals surface area contributed by atoms with Crippen LogP contribution in [0.4, 0.5) is 11.4 Å². The van der Waals surface area contributed by atoms with Crippen LogP contribution in [0.3, 0.4) is 0 Å². The summed E-state index contributed by atoms with van der Waals surface area (Å²) in [5.41, 5.74) is 1.45. The molecule has 1 atom stereocenters. The van der Waals surface area contributed by atoms with Crippen molar-refractivity contribution in [1.29, 1.82) is 0 Å². The number of benzene rings is 2. The summed E-state index contributed by atoms with van der Waals surface area (Å²) in [5, 5.41) is 5.57. The second-order valence-electron chi connectivity index (χ2n) is 7.57. The fourth-order valence-corrected chi connectivity index (χ4v) is 3.56. The van der Waals surface area contributed by atoms with Crippen molar-refractivity contribution in [2.75, 3.05) is 10.6 Å². The molecule has 0 fully saturated rings. The summed E-state index contributed by atoms with van der Waals surface area (Å²) in [4.78, 5) is 25.5. The van der Waals surface area contributed by atoms with Crippen molar-refractivity contribution in [3.63, 3.8) is 0 Å². The molecule has 0 bridgehead atoms. The van der Waals surface area contributed by atoms with Crippen molar-refractivity contribution in [3.05, 3.63) is 53.0 Å². The Morgan fingerprint density at radius 2 is 1.70 bits per heavy atom. The lowest BCUT2D eigenvalue weighted by Gasteiger charge is -2.17. The van der Waals surface area contributed by atoms with Gasteiger partial charge in [0.05, 0.1) is 5.25 Å². The SMILES string of the molecule is CC(Sc1cccc(NC(=O)CC(C)(C)C)c1)C(=O)Nc1ccc(Br)cc1. The molecular formula is C21H25BrN2O2S. The van der Waals surface area contributed by atoms with Crippen LogP contribution < -0.4 is 10.6 Å². The molecule has 0 heterocycles. The Morgan fingerprint density at radius 1 is 1.04 bits per heavy atom. The lowest BCUT2D eigenvalue weighted by Crippen LogP contribution is -2.22. The number of hydrogen-bond acceptors (Lipinski definition) is 3. The first kappa shape index (κ1) is 21.5. The number of halogens is 1. The molecule has 0 saturated heterocycles. The molecule has 0 aromatic heterocycles. The van der Waals surface area contributed by atoms with Gasteiger partial charge < -0.3 is 10.6 Å². The van der Waals surface area contributed by atoms with E-state index in [1.807, 2.05) is 76.2 Å². The van der Waals surface area contributed by atoms with Crippen molar-refractivity contribution in [3.8, 4) is 0 Å². The molecule has 0 saturated carbocycles. The monoisotopic (exact) mass is 448 g/mol. The number of rotatable bonds is 6. The first-order chi connectivity index (χ1) is 12.6. The van der Waals surface area contributed by atoms with Crippen molar-refractivity contribution in [2.45, 2.75) is 44.3 Å². The lowest BCUT2D eigenvalue weighted by atomic mass is 9.92. The molecule has 1 unspecified atom stereocenters. The van der Waals surface area contributed by atoms with Crippen molar-refractivity contribution in [2.24, 2.45) is 5.41 Å². The van der Waals surface area contributed by atoms with E-state index in [1.54, 1.807) is 0 Å². The first-order valence-corrected chi connectivity index (χ1v) is 10.4. The number of amides is 2. The summed E-state index contributed by atoms with van der Waals surface area (Å²) in [7, 11) is 0. The van der Waals surface area contributed by atoms with Gasteiger partial charge in [-0.1, -0.05) is 42.8 Å². The van der Waals surface area contributed by atoms with Gasteiger partial charge in [-0.25, -0.2) is 0 Å². The third kappa shape index (κ3) is 7.77. The summed E-state index contributed by atoms with van der Waals surface area (Å²) in [6.45, 7) is 7.96. The zero-order valence-corrected chi connectivity index (χ0v) is 18.4. The molecule has 6 heteroatoms. The second kappa shape index (κ2) is 9.42. The first-order valence-electron chi connectivity index (χ1n) is 8.75. The van der Waals surface area contributed by atoms with Crippen LogP contribution in [0.5, 0.6) is 0 Å². The molecule has 4 nitrogen and oxygen atoms in total. The molecule has 2 N–H and O–H groups in total. The van der Waals surface area contributed by atoms with Crippen LogP contribution in [0.15, 0.2) is 57.9 Å². The predicted molar refractivity (Wildman–Crippen MR) is 117 cm³/mol. The van der Waals surface area contributed by atoms with Gasteiger partial charge >= 0.3 is 0 Å². The Morgan fingerprint density at radius 3 is 2.33 bits per heavy atom. The minimum atomic E-state index is -0.269. The highest BCUT2D eigenvalue weighted by atomic mass is 79.9. The zero-order valence-electron chi connectivity index (χ0n) is 16.0. The minimum absolute atomic E-state index is 0.00863. The van der Waals surface area contributed by atoms with Crippen LogP contribution in [0.25, 0.3) is 0 Å². The number of thioether (sulfide) groups is 1. The quantitative estimate of drug-likeness (QED) is 0.537. The highest BCUT2D eigenvalue weighted by Gasteiger charge is 2.17. The Labute approximate surface area is 173 Å². The smallest absolute Gasteiger partial charge is 0.237 e. The summed E-state index contributed by atoms with van der Waals surface area (Å²) in [6.07, 6.45) is 0.455. The molecule has 2 aromatic carbocycles. The van der Waals surface area contributed by atoms with E-state index in [0.29, 0.717) is 6.42 Å². The van der Waals surface area contributed by atoms with Crippen LogP contribution in [0, 0.1) is 5.41 Å². The van der Waals surface area contributed by atoms with Crippen molar-refractivity contribution >= 4 is 50.9 Å². The number of hydrogen-bond donors (Lipinski definition) is 2. The Bertz CT molecular complexity index is 801. The van der Waals surface area contributed by atoms with Gasteiger partial charge in [-0.05, 0) is 54.8 Å². The molecule has 2 amide bonds. The van der Waals surface area contributed by atoms with Gasteiger partial charge in [0.25, 0.3) is 0 Å². The van der Waals surface area contributed by atoms with E-state index in [0.717, 1.165) is 20.7 Å². The van der Waals surface area contributed by atoms with Crippen LogP contribution in [-0.2, 0) is 9.59 Å². The molecule has 0 aliphatic heterocycles. The summed E-state index contributed by atoms with van der Waals surface area (Å²) < 4.78 is 0.966. The standard InChI is InChI=1S/C21H25BrN2O2S/c1-14(20(26)24-16-10-8-15(22)9-11-16)27-18-7-5-6-17(12-18)23-19(25)13-21(2,3)4/h5-12,14H,13H2,1-4H3,(H,23,25)(H,24,26). The Balaban J connectivity index is 1.95. The Hall–Kier alpha value is -1.79. The number of carbonyl (C=O) groups excluding carboxylic acids is 2. The molecule has 2 rings (SSSR count). The molecule has 144 valence electrons. The van der Waals surface area contributed by atoms with Gasteiger partial charge in [0.15, 0.2) is 0 Å². The van der Waals surface area contributed by atoms with Gasteiger partial charge in [-0.3, -0.25) is 9.59 Å². The van der Waals surface area contributed by atoms with Gasteiger partial charge in [0.1, 0.15) is 0 Å². The van der Waals surface area contributed by atoms with Crippen molar-refractivity contribution < 1.29 is 9.59 Å². The maximum atomic E-state index is 12.4. The molecule has 0 aliphatic carbocycles. The highest BCUT2D eigenvalue weighted by Crippen LogP contribution is 2.27. The van der Waals surface area contributed by atoms with E-state index in [-0.39, 0.29) is 22.5 Å².